The molecule has 0 amide bonds. The molecule has 5 heteroatoms. The summed E-state index contributed by atoms with van der Waals surface area (Å²) in [7, 11) is 0. The molecule has 4 nitrogen and oxygen atoms in total. The van der Waals surface area contributed by atoms with Crippen molar-refractivity contribution in [3.8, 4) is 5.88 Å². The number of rotatable bonds is 6. The Morgan fingerprint density at radius 3 is 2.95 bits per heavy atom. The number of hydrogen-bond donors (Lipinski definition) is 2. The first-order valence-corrected chi connectivity index (χ1v) is 7.94. The van der Waals surface area contributed by atoms with E-state index in [1.165, 1.54) is 20.5 Å². The molecule has 2 aromatic heterocycles. The van der Waals surface area contributed by atoms with Crippen molar-refractivity contribution in [3.63, 3.8) is 0 Å². The molecule has 2 N–H and O–H groups in total. The molecule has 0 radical (unpaired) electrons. The topological polar surface area (TPSA) is 49.9 Å². The van der Waals surface area contributed by atoms with Crippen LogP contribution in [0.3, 0.4) is 0 Å². The highest BCUT2D eigenvalue weighted by Crippen LogP contribution is 2.32. The molecule has 21 heavy (non-hydrogen) atoms. The van der Waals surface area contributed by atoms with Crippen LogP contribution in [-0.2, 0) is 13.2 Å². The third kappa shape index (κ3) is 3.09. The Morgan fingerprint density at radius 1 is 1.33 bits per heavy atom. The summed E-state index contributed by atoms with van der Waals surface area (Å²) in [4.78, 5) is 1.34. The summed E-state index contributed by atoms with van der Waals surface area (Å²) in [6, 6.07) is 10.4. The van der Waals surface area contributed by atoms with Crippen LogP contribution in [0.5, 0.6) is 5.88 Å². The van der Waals surface area contributed by atoms with E-state index in [1.54, 1.807) is 0 Å². The van der Waals surface area contributed by atoms with Gasteiger partial charge in [-0.25, -0.2) is 0 Å². The molecule has 0 saturated carbocycles. The van der Waals surface area contributed by atoms with Crippen molar-refractivity contribution in [2.75, 3.05) is 6.54 Å². The first kappa shape index (κ1) is 14.1. The van der Waals surface area contributed by atoms with E-state index in [2.05, 4.69) is 46.7 Å². The molecule has 3 rings (SSSR count). The van der Waals surface area contributed by atoms with Crippen LogP contribution >= 0.6 is 11.3 Å². The second-order valence-corrected chi connectivity index (χ2v) is 6.09. The summed E-state index contributed by atoms with van der Waals surface area (Å²) in [5.74, 6) is 0.650. The highest BCUT2D eigenvalue weighted by Gasteiger charge is 2.12. The molecule has 0 fully saturated rings. The molecule has 110 valence electrons. The van der Waals surface area contributed by atoms with Crippen LogP contribution in [0.4, 0.5) is 0 Å². The lowest BCUT2D eigenvalue weighted by Gasteiger charge is -2.06. The van der Waals surface area contributed by atoms with E-state index in [1.807, 2.05) is 24.3 Å². The summed E-state index contributed by atoms with van der Waals surface area (Å²) < 4.78 is 7.14. The number of aromatic amines is 1. The van der Waals surface area contributed by atoms with Gasteiger partial charge in [-0.05, 0) is 24.9 Å². The minimum Gasteiger partial charge on any atom is -0.472 e. The van der Waals surface area contributed by atoms with Gasteiger partial charge in [0.25, 0.3) is 0 Å². The van der Waals surface area contributed by atoms with Crippen molar-refractivity contribution in [2.24, 2.45) is 0 Å². The summed E-state index contributed by atoms with van der Waals surface area (Å²) >= 11 is 1.83. The second kappa shape index (κ2) is 6.28. The minimum atomic E-state index is 0.551. The van der Waals surface area contributed by atoms with Crippen molar-refractivity contribution < 1.29 is 4.74 Å². The molecule has 0 spiro atoms. The number of ether oxygens (including phenoxy) is 1. The molecule has 0 saturated heterocycles. The van der Waals surface area contributed by atoms with E-state index in [0.717, 1.165) is 18.8 Å². The van der Waals surface area contributed by atoms with Gasteiger partial charge in [0, 0.05) is 33.4 Å². The Kier molecular flexibility index (Phi) is 4.22. The molecule has 0 aliphatic carbocycles. The highest BCUT2D eigenvalue weighted by molar-refractivity contribution is 7.19. The first-order valence-electron chi connectivity index (χ1n) is 7.12. The van der Waals surface area contributed by atoms with E-state index in [-0.39, 0.29) is 0 Å². The Bertz CT molecular complexity index is 732. The summed E-state index contributed by atoms with van der Waals surface area (Å²) in [6.45, 7) is 6.49. The van der Waals surface area contributed by atoms with Gasteiger partial charge < -0.3 is 10.1 Å². The second-order valence-electron chi connectivity index (χ2n) is 4.96. The average molecular weight is 301 g/mol. The Labute approximate surface area is 128 Å². The Hall–Kier alpha value is -1.85. The number of thiophene rings is 1. The summed E-state index contributed by atoms with van der Waals surface area (Å²) in [6.07, 6.45) is 0. The lowest BCUT2D eigenvalue weighted by Crippen LogP contribution is -2.12. The van der Waals surface area contributed by atoms with Crippen LogP contribution in [-0.4, -0.2) is 16.7 Å². The number of nitrogens with one attached hydrogen (secondary N) is 2. The molecular weight excluding hydrogens is 282 g/mol. The van der Waals surface area contributed by atoms with E-state index in [4.69, 9.17) is 4.74 Å². The third-order valence-corrected chi connectivity index (χ3v) is 4.58. The maximum Gasteiger partial charge on any atom is 0.233 e. The normalized spacial score (nSPS) is 11.1. The molecule has 0 bridgehead atoms. The van der Waals surface area contributed by atoms with Gasteiger partial charge in [-0.3, -0.25) is 5.10 Å². The lowest BCUT2D eigenvalue weighted by molar-refractivity contribution is 0.294. The van der Waals surface area contributed by atoms with Crippen LogP contribution in [0, 0.1) is 6.92 Å². The number of benzene rings is 1. The predicted molar refractivity (Wildman–Crippen MR) is 86.9 cm³/mol. The molecule has 0 unspecified atom stereocenters. The Balaban J connectivity index is 1.87. The zero-order valence-corrected chi connectivity index (χ0v) is 13.1. The molecule has 2 heterocycles. The smallest absolute Gasteiger partial charge is 0.233 e. The molecular formula is C16H19N3OS. The van der Waals surface area contributed by atoms with Crippen molar-refractivity contribution in [2.45, 2.75) is 27.0 Å². The summed E-state index contributed by atoms with van der Waals surface area (Å²) in [5.41, 5.74) is 2.27. The van der Waals surface area contributed by atoms with Gasteiger partial charge >= 0.3 is 0 Å². The molecule has 0 aliphatic heterocycles. The van der Waals surface area contributed by atoms with Crippen LogP contribution in [0.25, 0.3) is 10.1 Å². The third-order valence-electron chi connectivity index (χ3n) is 3.36. The predicted octanol–water partition coefficient (Wildman–Crippen LogP) is 3.62. The van der Waals surface area contributed by atoms with Crippen molar-refractivity contribution in [1.82, 2.24) is 15.5 Å². The largest absolute Gasteiger partial charge is 0.472 e. The molecule has 1 aromatic carbocycles. The number of H-pyrrole nitrogens is 1. The quantitative estimate of drug-likeness (QED) is 0.731. The first-order chi connectivity index (χ1) is 10.3. The zero-order valence-electron chi connectivity index (χ0n) is 12.3. The molecule has 3 aromatic rings. The fraction of sp³-hybridized carbons (Fsp3) is 0.312. The van der Waals surface area contributed by atoms with Crippen molar-refractivity contribution in [1.29, 1.82) is 0 Å². The lowest BCUT2D eigenvalue weighted by atomic mass is 10.1. The standard InChI is InChI=1S/C16H19N3OS/c1-3-17-9-15-13(10-20-16-8-11(2)18-19-16)12-6-4-5-7-14(12)21-15/h4-8,17H,3,9-10H2,1-2H3,(H,18,19). The van der Waals surface area contributed by atoms with E-state index in [0.29, 0.717) is 12.5 Å². The Morgan fingerprint density at radius 2 is 2.19 bits per heavy atom. The number of aromatic nitrogens is 2. The monoisotopic (exact) mass is 301 g/mol. The number of hydrogen-bond acceptors (Lipinski definition) is 4. The van der Waals surface area contributed by atoms with Crippen LogP contribution < -0.4 is 10.1 Å². The number of nitrogens with zero attached hydrogens (tertiary/aromatic N) is 1. The highest BCUT2D eigenvalue weighted by atomic mass is 32.1. The SMILES string of the molecule is CCNCc1sc2ccccc2c1COc1cc(C)[nH]n1. The van der Waals surface area contributed by atoms with Gasteiger partial charge in [0.2, 0.25) is 5.88 Å². The van der Waals surface area contributed by atoms with Gasteiger partial charge in [0.15, 0.2) is 0 Å². The maximum absolute atomic E-state index is 5.84. The van der Waals surface area contributed by atoms with Crippen LogP contribution in [0.2, 0.25) is 0 Å². The number of fused-ring (bicyclic) bond motifs is 1. The van der Waals surface area contributed by atoms with E-state index in [9.17, 15) is 0 Å². The van der Waals surface area contributed by atoms with Crippen LogP contribution in [0.1, 0.15) is 23.1 Å². The van der Waals surface area contributed by atoms with Crippen molar-refractivity contribution >= 4 is 21.4 Å². The minimum absolute atomic E-state index is 0.551. The maximum atomic E-state index is 5.84. The summed E-state index contributed by atoms with van der Waals surface area (Å²) in [5, 5.41) is 11.7. The number of aryl methyl sites for hydroxylation is 1. The van der Waals surface area contributed by atoms with E-state index < -0.39 is 0 Å². The zero-order chi connectivity index (χ0) is 14.7. The van der Waals surface area contributed by atoms with Gasteiger partial charge in [0.05, 0.1) is 0 Å². The van der Waals surface area contributed by atoms with Crippen molar-refractivity contribution in [3.05, 3.63) is 46.5 Å². The van der Waals surface area contributed by atoms with Gasteiger partial charge in [-0.1, -0.05) is 25.1 Å². The van der Waals surface area contributed by atoms with Gasteiger partial charge in [-0.15, -0.1) is 16.4 Å². The van der Waals surface area contributed by atoms with Gasteiger partial charge in [0.1, 0.15) is 6.61 Å². The fourth-order valence-corrected chi connectivity index (χ4v) is 3.48. The fourth-order valence-electron chi connectivity index (χ4n) is 2.30. The molecule has 0 aliphatic rings. The van der Waals surface area contributed by atoms with Gasteiger partial charge in [-0.2, -0.15) is 0 Å². The van der Waals surface area contributed by atoms with Crippen LogP contribution in [0.15, 0.2) is 30.3 Å². The molecule has 0 atom stereocenters. The average Bonchev–Trinajstić information content (AvgIpc) is 3.06. The van der Waals surface area contributed by atoms with E-state index >= 15 is 0 Å².